The van der Waals surface area contributed by atoms with Gasteiger partial charge in [-0.15, -0.1) is 32.9 Å². The van der Waals surface area contributed by atoms with Crippen molar-refractivity contribution >= 4 is 60.5 Å². The number of hydrogen-bond donors (Lipinski definition) is 2. The van der Waals surface area contributed by atoms with E-state index >= 15 is 0 Å². The fourth-order valence-electron chi connectivity index (χ4n) is 3.25. The van der Waals surface area contributed by atoms with Gasteiger partial charge < -0.3 is 10.8 Å². The number of aromatic nitrogens is 6. The Morgan fingerprint density at radius 3 is 2.88 bits per heavy atom. The minimum absolute atomic E-state index is 0.00115. The molecule has 13 heteroatoms. The summed E-state index contributed by atoms with van der Waals surface area (Å²) < 4.78 is 2.36. The molecule has 0 saturated carbocycles. The number of nitrogens with two attached hydrogens (primary N) is 1. The summed E-state index contributed by atoms with van der Waals surface area (Å²) in [6, 6.07) is 9.82. The number of aliphatic hydroxyl groups is 1. The largest absolute Gasteiger partial charge is 0.386 e. The molecule has 0 unspecified atom stereocenters. The third-order valence-corrected chi connectivity index (χ3v) is 7.58. The van der Waals surface area contributed by atoms with Crippen molar-refractivity contribution in [3.8, 4) is 0 Å². The molecule has 5 rings (SSSR count). The van der Waals surface area contributed by atoms with Crippen LogP contribution >= 0.6 is 34.3 Å². The number of tetrazole rings is 1. The molecule has 0 aliphatic carbocycles. The number of thiophene rings is 2. The van der Waals surface area contributed by atoms with Crippen molar-refractivity contribution in [3.05, 3.63) is 67.6 Å². The van der Waals surface area contributed by atoms with Crippen LogP contribution in [0.2, 0.25) is 5.02 Å². The molecule has 0 fully saturated rings. The first-order valence-corrected chi connectivity index (χ1v) is 11.3. The third kappa shape index (κ3) is 3.66. The molecule has 4 aromatic heterocycles. The zero-order valence-corrected chi connectivity index (χ0v) is 18.6. The Balaban J connectivity index is 1.36. The normalized spacial score (nSPS) is 12.6. The van der Waals surface area contributed by atoms with Gasteiger partial charge in [0.05, 0.1) is 29.8 Å². The summed E-state index contributed by atoms with van der Waals surface area (Å²) in [5, 5.41) is 23.9. The Bertz CT molecular complexity index is 1500. The van der Waals surface area contributed by atoms with Crippen molar-refractivity contribution in [2.24, 2.45) is 5.73 Å². The van der Waals surface area contributed by atoms with Crippen molar-refractivity contribution in [1.29, 1.82) is 0 Å². The fourth-order valence-corrected chi connectivity index (χ4v) is 5.60. The first-order valence-electron chi connectivity index (χ1n) is 9.31. The second kappa shape index (κ2) is 8.06. The summed E-state index contributed by atoms with van der Waals surface area (Å²) in [4.78, 5) is 31.0. The smallest absolute Gasteiger partial charge is 0.264 e. The maximum absolute atomic E-state index is 12.8. The van der Waals surface area contributed by atoms with Gasteiger partial charge >= 0.3 is 0 Å². The summed E-state index contributed by atoms with van der Waals surface area (Å²) in [7, 11) is 0. The van der Waals surface area contributed by atoms with Gasteiger partial charge in [0.15, 0.2) is 5.82 Å². The highest BCUT2D eigenvalue weighted by Gasteiger charge is 2.20. The standard InChI is InChI=1S/C19H14ClN7O3S2/c20-15-14-18(32-16(15)17(21)29)22-8-26(19(14)30)7-13-23-25-27(24-13)6-10(28)12-5-9-3-1-2-4-11(9)31-12/h1-5,8,10,28H,6-7H2,(H2,21,29)/t10-/m0/s1. The lowest BCUT2D eigenvalue weighted by atomic mass is 10.2. The lowest BCUT2D eigenvalue weighted by molar-refractivity contribution is 0.100. The molecule has 10 nitrogen and oxygen atoms in total. The number of carbonyl (C=O) groups is 1. The molecule has 162 valence electrons. The zero-order chi connectivity index (χ0) is 22.4. The minimum Gasteiger partial charge on any atom is -0.386 e. The monoisotopic (exact) mass is 487 g/mol. The highest BCUT2D eigenvalue weighted by Crippen LogP contribution is 2.32. The van der Waals surface area contributed by atoms with Crippen LogP contribution in [0.4, 0.5) is 0 Å². The van der Waals surface area contributed by atoms with Crippen molar-refractivity contribution in [3.63, 3.8) is 0 Å². The number of hydrogen-bond acceptors (Lipinski definition) is 9. The molecule has 0 spiro atoms. The average molecular weight is 488 g/mol. The zero-order valence-electron chi connectivity index (χ0n) is 16.2. The van der Waals surface area contributed by atoms with E-state index in [1.807, 2.05) is 30.3 Å². The first-order chi connectivity index (χ1) is 15.4. The van der Waals surface area contributed by atoms with Crippen LogP contribution in [-0.2, 0) is 13.1 Å². The summed E-state index contributed by atoms with van der Waals surface area (Å²) in [5.74, 6) is -0.455. The predicted molar refractivity (Wildman–Crippen MR) is 121 cm³/mol. The summed E-state index contributed by atoms with van der Waals surface area (Å²) in [6.45, 7) is 0.114. The lowest BCUT2D eigenvalue weighted by Crippen LogP contribution is -2.21. The van der Waals surface area contributed by atoms with E-state index in [9.17, 15) is 14.7 Å². The topological polar surface area (TPSA) is 142 Å². The summed E-state index contributed by atoms with van der Waals surface area (Å²) in [6.07, 6.45) is 0.529. The number of aliphatic hydroxyl groups excluding tert-OH is 1. The molecule has 0 aliphatic rings. The number of fused-ring (bicyclic) bond motifs is 2. The van der Waals surface area contributed by atoms with Gasteiger partial charge in [-0.25, -0.2) is 4.98 Å². The molecule has 0 saturated heterocycles. The van der Waals surface area contributed by atoms with Gasteiger partial charge in [0.2, 0.25) is 0 Å². The van der Waals surface area contributed by atoms with E-state index in [4.69, 9.17) is 17.3 Å². The Labute approximate surface area is 192 Å². The second-order valence-corrected chi connectivity index (χ2v) is 9.42. The number of nitrogens with zero attached hydrogens (tertiary/aromatic N) is 6. The van der Waals surface area contributed by atoms with Crippen LogP contribution in [0.1, 0.15) is 26.5 Å². The molecule has 1 aromatic carbocycles. The molecule has 3 N–H and O–H groups in total. The van der Waals surface area contributed by atoms with Gasteiger partial charge in [0.25, 0.3) is 11.5 Å². The van der Waals surface area contributed by atoms with Crippen molar-refractivity contribution in [1.82, 2.24) is 29.8 Å². The van der Waals surface area contributed by atoms with E-state index in [0.717, 1.165) is 26.3 Å². The van der Waals surface area contributed by atoms with Crippen LogP contribution < -0.4 is 11.3 Å². The van der Waals surface area contributed by atoms with E-state index in [1.54, 1.807) is 0 Å². The van der Waals surface area contributed by atoms with Crippen molar-refractivity contribution in [2.45, 2.75) is 19.2 Å². The number of primary amides is 1. The fraction of sp³-hybridized carbons (Fsp3) is 0.158. The third-order valence-electron chi connectivity index (χ3n) is 4.76. The van der Waals surface area contributed by atoms with Crippen LogP contribution in [0.15, 0.2) is 41.5 Å². The Morgan fingerprint density at radius 2 is 2.09 bits per heavy atom. The van der Waals surface area contributed by atoms with Gasteiger partial charge in [0.1, 0.15) is 15.8 Å². The molecular formula is C19H14ClN7O3S2. The van der Waals surface area contributed by atoms with Gasteiger partial charge in [0, 0.05) is 9.58 Å². The lowest BCUT2D eigenvalue weighted by Gasteiger charge is -2.06. The van der Waals surface area contributed by atoms with E-state index in [2.05, 4.69) is 20.4 Å². The molecule has 1 amide bonds. The van der Waals surface area contributed by atoms with Gasteiger partial charge in [-0.2, -0.15) is 4.80 Å². The average Bonchev–Trinajstić information content (AvgIpc) is 3.47. The molecule has 5 aromatic rings. The van der Waals surface area contributed by atoms with Gasteiger partial charge in [-0.1, -0.05) is 29.8 Å². The van der Waals surface area contributed by atoms with E-state index in [0.29, 0.717) is 4.83 Å². The van der Waals surface area contributed by atoms with Crippen LogP contribution in [0.5, 0.6) is 0 Å². The Kier molecular flexibility index (Phi) is 5.21. The van der Waals surface area contributed by atoms with Crippen LogP contribution in [0, 0.1) is 0 Å². The Hall–Kier alpha value is -3.19. The van der Waals surface area contributed by atoms with Gasteiger partial charge in [-0.3, -0.25) is 14.2 Å². The molecule has 32 heavy (non-hydrogen) atoms. The van der Waals surface area contributed by atoms with Crippen LogP contribution in [-0.4, -0.2) is 40.8 Å². The van der Waals surface area contributed by atoms with Gasteiger partial charge in [-0.05, 0) is 22.7 Å². The van der Waals surface area contributed by atoms with Crippen molar-refractivity contribution in [2.75, 3.05) is 0 Å². The van der Waals surface area contributed by atoms with Crippen molar-refractivity contribution < 1.29 is 9.90 Å². The first kappa shape index (κ1) is 20.7. The van der Waals surface area contributed by atoms with E-state index in [1.165, 1.54) is 27.0 Å². The SMILES string of the molecule is NC(=O)c1sc2ncn(Cc3nnn(C[C@H](O)c4cc5ccccc5s4)n3)c(=O)c2c1Cl. The number of rotatable bonds is 6. The van der Waals surface area contributed by atoms with Crippen LogP contribution in [0.3, 0.4) is 0 Å². The minimum atomic E-state index is -0.799. The van der Waals surface area contributed by atoms with E-state index < -0.39 is 17.6 Å². The molecule has 0 radical (unpaired) electrons. The van der Waals surface area contributed by atoms with Crippen LogP contribution in [0.25, 0.3) is 20.3 Å². The maximum atomic E-state index is 12.8. The highest BCUT2D eigenvalue weighted by atomic mass is 35.5. The molecule has 0 aliphatic heterocycles. The quantitative estimate of drug-likeness (QED) is 0.373. The maximum Gasteiger partial charge on any atom is 0.264 e. The molecule has 1 atom stereocenters. The predicted octanol–water partition coefficient (Wildman–Crippen LogP) is 2.19. The molecular weight excluding hydrogens is 474 g/mol. The number of benzene rings is 1. The van der Waals surface area contributed by atoms with E-state index in [-0.39, 0.29) is 34.2 Å². The second-order valence-electron chi connectivity index (χ2n) is 6.93. The summed E-state index contributed by atoms with van der Waals surface area (Å²) >= 11 is 8.63. The number of halogens is 1. The number of carbonyl (C=O) groups excluding carboxylic acids is 1. The summed E-state index contributed by atoms with van der Waals surface area (Å²) in [5.41, 5.74) is 4.86. The molecule has 4 heterocycles. The molecule has 0 bridgehead atoms. The highest BCUT2D eigenvalue weighted by molar-refractivity contribution is 7.21. The Morgan fingerprint density at radius 1 is 1.28 bits per heavy atom. The number of amides is 1.